The van der Waals surface area contributed by atoms with E-state index in [0.29, 0.717) is 17.4 Å². The standard InChI is InChI=1S/C25H27N3O3/c1-17-6-8-21(9-7-17)24-11-18-10-19(12-24)14-25(13-18,16-24)23(29)27-26-15-20-4-2-3-5-22(20)28(30)31/h2-9,15,18-19H,10-14,16H2,1H3,(H,27,29). The van der Waals surface area contributed by atoms with Gasteiger partial charge >= 0.3 is 0 Å². The molecule has 2 unspecified atom stereocenters. The van der Waals surface area contributed by atoms with Gasteiger partial charge in [-0.15, -0.1) is 0 Å². The van der Waals surface area contributed by atoms with Crippen LogP contribution in [-0.2, 0) is 10.2 Å². The summed E-state index contributed by atoms with van der Waals surface area (Å²) in [6.07, 6.45) is 7.65. The monoisotopic (exact) mass is 417 g/mol. The van der Waals surface area contributed by atoms with Gasteiger partial charge < -0.3 is 0 Å². The first-order chi connectivity index (χ1) is 14.9. The Balaban J connectivity index is 1.38. The normalized spacial score (nSPS) is 31.1. The summed E-state index contributed by atoms with van der Waals surface area (Å²) in [6.45, 7) is 2.10. The summed E-state index contributed by atoms with van der Waals surface area (Å²) in [5.74, 6) is 1.12. The Kier molecular flexibility index (Phi) is 4.68. The molecule has 1 amide bonds. The van der Waals surface area contributed by atoms with E-state index in [9.17, 15) is 14.9 Å². The highest BCUT2D eigenvalue weighted by molar-refractivity contribution is 5.88. The largest absolute Gasteiger partial charge is 0.278 e. The maximum atomic E-state index is 13.4. The molecule has 2 aromatic rings. The minimum Gasteiger partial charge on any atom is -0.273 e. The van der Waals surface area contributed by atoms with Crippen LogP contribution in [0.1, 0.15) is 55.2 Å². The smallest absolute Gasteiger partial charge is 0.273 e. The third-order valence-corrected chi connectivity index (χ3v) is 7.71. The number of carbonyl (C=O) groups is 1. The second-order valence-corrected chi connectivity index (χ2v) is 9.90. The lowest BCUT2D eigenvalue weighted by Crippen LogP contribution is -2.58. The third-order valence-electron chi connectivity index (χ3n) is 7.71. The summed E-state index contributed by atoms with van der Waals surface area (Å²) in [5.41, 5.74) is 5.41. The van der Waals surface area contributed by atoms with E-state index in [-0.39, 0.29) is 17.0 Å². The molecule has 6 heteroatoms. The van der Waals surface area contributed by atoms with Crippen molar-refractivity contribution in [3.63, 3.8) is 0 Å². The van der Waals surface area contributed by atoms with Gasteiger partial charge in [-0.1, -0.05) is 42.0 Å². The Hall–Kier alpha value is -3.02. The van der Waals surface area contributed by atoms with Crippen molar-refractivity contribution in [1.82, 2.24) is 5.43 Å². The van der Waals surface area contributed by atoms with Crippen LogP contribution in [0.3, 0.4) is 0 Å². The highest BCUT2D eigenvalue weighted by Gasteiger charge is 2.60. The number of benzene rings is 2. The van der Waals surface area contributed by atoms with Crippen LogP contribution in [-0.4, -0.2) is 17.0 Å². The molecular weight excluding hydrogens is 390 g/mol. The number of nitro benzene ring substituents is 1. The van der Waals surface area contributed by atoms with Gasteiger partial charge in [0, 0.05) is 6.07 Å². The van der Waals surface area contributed by atoms with Gasteiger partial charge in [0.2, 0.25) is 5.91 Å². The molecule has 2 aromatic carbocycles. The van der Waals surface area contributed by atoms with Crippen LogP contribution in [0.4, 0.5) is 5.69 Å². The topological polar surface area (TPSA) is 84.6 Å². The summed E-state index contributed by atoms with van der Waals surface area (Å²) in [4.78, 5) is 24.1. The molecule has 4 saturated carbocycles. The third kappa shape index (κ3) is 3.44. The molecule has 4 fully saturated rings. The number of hydrazone groups is 1. The second kappa shape index (κ2) is 7.29. The molecule has 4 aliphatic carbocycles. The maximum Gasteiger partial charge on any atom is 0.278 e. The van der Waals surface area contributed by atoms with E-state index in [1.54, 1.807) is 18.2 Å². The fraction of sp³-hybridized carbons (Fsp3) is 0.440. The zero-order valence-corrected chi connectivity index (χ0v) is 17.7. The van der Waals surface area contributed by atoms with Crippen molar-refractivity contribution in [2.45, 2.75) is 50.9 Å². The molecule has 1 N–H and O–H groups in total. The minimum absolute atomic E-state index is 0.0198. The number of hydrogen-bond donors (Lipinski definition) is 1. The Bertz CT molecular complexity index is 1050. The van der Waals surface area contributed by atoms with Gasteiger partial charge in [-0.05, 0) is 74.3 Å². The van der Waals surface area contributed by atoms with Gasteiger partial charge in [-0.2, -0.15) is 5.10 Å². The van der Waals surface area contributed by atoms with Crippen molar-refractivity contribution in [3.05, 3.63) is 75.3 Å². The summed E-state index contributed by atoms with van der Waals surface area (Å²) in [7, 11) is 0. The maximum absolute atomic E-state index is 13.4. The zero-order valence-electron chi connectivity index (χ0n) is 17.7. The van der Waals surface area contributed by atoms with E-state index >= 15 is 0 Å². The SMILES string of the molecule is Cc1ccc(C23CC4CC(CC(C(=O)NN=Cc5ccccc5[N+](=O)[O-])(C4)C2)C3)cc1. The van der Waals surface area contributed by atoms with E-state index in [1.165, 1.54) is 42.7 Å². The number of rotatable bonds is 5. The van der Waals surface area contributed by atoms with Crippen molar-refractivity contribution in [2.75, 3.05) is 0 Å². The first kappa shape index (κ1) is 19.9. The van der Waals surface area contributed by atoms with Gasteiger partial charge in [0.1, 0.15) is 0 Å². The summed E-state index contributed by atoms with van der Waals surface area (Å²) in [5, 5.41) is 15.3. The molecule has 31 heavy (non-hydrogen) atoms. The van der Waals surface area contributed by atoms with E-state index in [2.05, 4.69) is 41.7 Å². The van der Waals surface area contributed by atoms with Crippen LogP contribution in [0.2, 0.25) is 0 Å². The quantitative estimate of drug-likeness (QED) is 0.427. The number of nitro groups is 1. The van der Waals surface area contributed by atoms with Crippen molar-refractivity contribution in [3.8, 4) is 0 Å². The second-order valence-electron chi connectivity index (χ2n) is 9.90. The molecule has 160 valence electrons. The molecule has 4 bridgehead atoms. The average Bonchev–Trinajstić information content (AvgIpc) is 2.73. The Labute approximate surface area is 181 Å². The van der Waals surface area contributed by atoms with Crippen molar-refractivity contribution >= 4 is 17.8 Å². The van der Waals surface area contributed by atoms with Gasteiger partial charge in [0.15, 0.2) is 0 Å². The molecule has 6 rings (SSSR count). The van der Waals surface area contributed by atoms with Crippen LogP contribution in [0, 0.1) is 34.3 Å². The van der Waals surface area contributed by atoms with Gasteiger partial charge in [-0.3, -0.25) is 14.9 Å². The van der Waals surface area contributed by atoms with Crippen molar-refractivity contribution < 1.29 is 9.72 Å². The van der Waals surface area contributed by atoms with Crippen LogP contribution in [0.5, 0.6) is 0 Å². The fourth-order valence-electron chi connectivity index (χ4n) is 6.82. The molecule has 0 heterocycles. The molecule has 6 nitrogen and oxygen atoms in total. The first-order valence-corrected chi connectivity index (χ1v) is 11.0. The highest BCUT2D eigenvalue weighted by atomic mass is 16.6. The number of aryl methyl sites for hydroxylation is 1. The molecule has 4 aliphatic rings. The van der Waals surface area contributed by atoms with E-state index < -0.39 is 10.3 Å². The van der Waals surface area contributed by atoms with Crippen LogP contribution < -0.4 is 5.43 Å². The van der Waals surface area contributed by atoms with Crippen LogP contribution in [0.25, 0.3) is 0 Å². The van der Waals surface area contributed by atoms with Crippen molar-refractivity contribution in [2.24, 2.45) is 22.4 Å². The Morgan fingerprint density at radius 2 is 1.77 bits per heavy atom. The molecule has 2 atom stereocenters. The van der Waals surface area contributed by atoms with Gasteiger partial charge in [-0.25, -0.2) is 5.43 Å². The number of nitrogens with one attached hydrogen (secondary N) is 1. The zero-order chi connectivity index (χ0) is 21.6. The van der Waals surface area contributed by atoms with E-state index in [4.69, 9.17) is 0 Å². The number of para-hydroxylation sites is 1. The lowest BCUT2D eigenvalue weighted by atomic mass is 9.42. The lowest BCUT2D eigenvalue weighted by Gasteiger charge is -2.61. The van der Waals surface area contributed by atoms with E-state index in [1.807, 2.05) is 0 Å². The molecule has 0 aromatic heterocycles. The molecule has 0 spiro atoms. The lowest BCUT2D eigenvalue weighted by molar-refractivity contribution is -0.385. The van der Waals surface area contributed by atoms with Gasteiger partial charge in [0.25, 0.3) is 5.69 Å². The Morgan fingerprint density at radius 3 is 2.45 bits per heavy atom. The summed E-state index contributed by atoms with van der Waals surface area (Å²) < 4.78 is 0. The fourth-order valence-corrected chi connectivity index (χ4v) is 6.82. The number of amides is 1. The molecule has 0 saturated heterocycles. The number of nitrogens with zero attached hydrogens (tertiary/aromatic N) is 2. The first-order valence-electron chi connectivity index (χ1n) is 11.0. The van der Waals surface area contributed by atoms with E-state index in [0.717, 1.165) is 19.3 Å². The number of carbonyl (C=O) groups excluding carboxylic acids is 1. The van der Waals surface area contributed by atoms with Gasteiger partial charge in [0.05, 0.1) is 22.1 Å². The predicted molar refractivity (Wildman–Crippen MR) is 119 cm³/mol. The highest BCUT2D eigenvalue weighted by Crippen LogP contribution is 2.65. The minimum atomic E-state index is -0.437. The molecular formula is C25H27N3O3. The summed E-state index contributed by atoms with van der Waals surface area (Å²) in [6, 6.07) is 15.3. The van der Waals surface area contributed by atoms with Crippen LogP contribution >= 0.6 is 0 Å². The average molecular weight is 418 g/mol. The van der Waals surface area contributed by atoms with Crippen LogP contribution in [0.15, 0.2) is 53.6 Å². The molecule has 0 radical (unpaired) electrons. The number of hydrogen-bond acceptors (Lipinski definition) is 4. The summed E-state index contributed by atoms with van der Waals surface area (Å²) >= 11 is 0. The molecule has 0 aliphatic heterocycles. The Morgan fingerprint density at radius 1 is 1.10 bits per heavy atom. The predicted octanol–water partition coefficient (Wildman–Crippen LogP) is 4.89. The van der Waals surface area contributed by atoms with Crippen molar-refractivity contribution in [1.29, 1.82) is 0 Å².